The standard InChI is InChI=1S/C13H7BrO2S/c14-10-1-2-11-9(5-10)6-12(16-11)13(15)8-3-4-17-7-8/h1-7H. The highest BCUT2D eigenvalue weighted by Crippen LogP contribution is 2.25. The van der Waals surface area contributed by atoms with Gasteiger partial charge in [-0.3, -0.25) is 4.79 Å². The smallest absolute Gasteiger partial charge is 0.229 e. The highest BCUT2D eigenvalue weighted by Gasteiger charge is 2.14. The lowest BCUT2D eigenvalue weighted by Crippen LogP contribution is -1.96. The zero-order valence-corrected chi connectivity index (χ0v) is 11.0. The van der Waals surface area contributed by atoms with Crippen LogP contribution in [-0.2, 0) is 0 Å². The molecule has 0 aliphatic rings. The summed E-state index contributed by atoms with van der Waals surface area (Å²) >= 11 is 4.89. The van der Waals surface area contributed by atoms with Gasteiger partial charge in [0.1, 0.15) is 5.58 Å². The summed E-state index contributed by atoms with van der Waals surface area (Å²) < 4.78 is 6.52. The number of benzene rings is 1. The van der Waals surface area contributed by atoms with Crippen molar-refractivity contribution in [3.63, 3.8) is 0 Å². The minimum absolute atomic E-state index is 0.0708. The predicted molar refractivity (Wildman–Crippen MR) is 71.7 cm³/mol. The van der Waals surface area contributed by atoms with Crippen LogP contribution in [0.4, 0.5) is 0 Å². The predicted octanol–water partition coefficient (Wildman–Crippen LogP) is 4.49. The van der Waals surface area contributed by atoms with Crippen molar-refractivity contribution in [1.29, 1.82) is 0 Å². The van der Waals surface area contributed by atoms with Crippen molar-refractivity contribution in [2.24, 2.45) is 0 Å². The van der Waals surface area contributed by atoms with Gasteiger partial charge in [-0.05, 0) is 35.7 Å². The third kappa shape index (κ3) is 1.94. The Morgan fingerprint density at radius 3 is 2.88 bits per heavy atom. The van der Waals surface area contributed by atoms with Crippen molar-refractivity contribution >= 4 is 44.0 Å². The largest absolute Gasteiger partial charge is 0.453 e. The van der Waals surface area contributed by atoms with E-state index < -0.39 is 0 Å². The molecule has 0 aliphatic carbocycles. The summed E-state index contributed by atoms with van der Waals surface area (Å²) in [5.74, 6) is 0.315. The molecule has 0 N–H and O–H groups in total. The van der Waals surface area contributed by atoms with Gasteiger partial charge in [0.2, 0.25) is 5.78 Å². The number of rotatable bonds is 2. The third-order valence-corrected chi connectivity index (χ3v) is 3.66. The van der Waals surface area contributed by atoms with Crippen LogP contribution in [0.25, 0.3) is 11.0 Å². The lowest BCUT2D eigenvalue weighted by molar-refractivity contribution is 0.101. The fourth-order valence-electron chi connectivity index (χ4n) is 1.66. The van der Waals surface area contributed by atoms with Gasteiger partial charge >= 0.3 is 0 Å². The summed E-state index contributed by atoms with van der Waals surface area (Å²) in [6.07, 6.45) is 0. The number of hydrogen-bond donors (Lipinski definition) is 0. The molecule has 0 radical (unpaired) electrons. The zero-order valence-electron chi connectivity index (χ0n) is 8.64. The van der Waals surface area contributed by atoms with E-state index in [-0.39, 0.29) is 5.78 Å². The van der Waals surface area contributed by atoms with Gasteiger partial charge in [-0.1, -0.05) is 15.9 Å². The molecule has 0 atom stereocenters. The Morgan fingerprint density at radius 2 is 2.12 bits per heavy atom. The molecule has 2 aromatic heterocycles. The Labute approximate surface area is 110 Å². The average molecular weight is 307 g/mol. The summed E-state index contributed by atoms with van der Waals surface area (Å²) in [5.41, 5.74) is 1.40. The maximum atomic E-state index is 12.1. The number of halogens is 1. The van der Waals surface area contributed by atoms with Crippen LogP contribution < -0.4 is 0 Å². The van der Waals surface area contributed by atoms with Gasteiger partial charge in [0.15, 0.2) is 5.76 Å². The lowest BCUT2D eigenvalue weighted by Gasteiger charge is -1.90. The molecule has 0 spiro atoms. The SMILES string of the molecule is O=C(c1ccsc1)c1cc2cc(Br)ccc2o1. The Morgan fingerprint density at radius 1 is 1.24 bits per heavy atom. The van der Waals surface area contributed by atoms with E-state index in [1.807, 2.05) is 29.0 Å². The van der Waals surface area contributed by atoms with Crippen molar-refractivity contribution in [2.75, 3.05) is 0 Å². The monoisotopic (exact) mass is 306 g/mol. The number of ketones is 1. The van der Waals surface area contributed by atoms with E-state index in [1.54, 1.807) is 12.1 Å². The first-order valence-corrected chi connectivity index (χ1v) is 6.73. The molecule has 1 aromatic carbocycles. The van der Waals surface area contributed by atoms with Gasteiger partial charge in [-0.15, -0.1) is 0 Å². The van der Waals surface area contributed by atoms with E-state index in [9.17, 15) is 4.79 Å². The van der Waals surface area contributed by atoms with Crippen LogP contribution in [0.15, 0.2) is 50.0 Å². The Bertz CT molecular complexity index is 683. The molecule has 0 aliphatic heterocycles. The Hall–Kier alpha value is -1.39. The van der Waals surface area contributed by atoms with E-state index in [0.717, 1.165) is 15.4 Å². The van der Waals surface area contributed by atoms with Crippen LogP contribution >= 0.6 is 27.3 Å². The first-order chi connectivity index (χ1) is 8.24. The van der Waals surface area contributed by atoms with Gasteiger partial charge in [-0.2, -0.15) is 11.3 Å². The minimum atomic E-state index is -0.0708. The topological polar surface area (TPSA) is 30.2 Å². The van der Waals surface area contributed by atoms with Gasteiger partial charge in [0, 0.05) is 20.8 Å². The van der Waals surface area contributed by atoms with E-state index >= 15 is 0 Å². The Kier molecular flexibility index (Phi) is 2.61. The summed E-state index contributed by atoms with van der Waals surface area (Å²) in [6, 6.07) is 9.26. The number of carbonyl (C=O) groups excluding carboxylic acids is 1. The van der Waals surface area contributed by atoms with Crippen molar-refractivity contribution in [1.82, 2.24) is 0 Å². The molecular formula is C13H7BrO2S. The molecule has 2 heterocycles. The highest BCUT2D eigenvalue weighted by molar-refractivity contribution is 9.10. The number of furan rings is 1. The summed E-state index contributed by atoms with van der Waals surface area (Å²) in [6.45, 7) is 0. The van der Waals surface area contributed by atoms with Crippen molar-refractivity contribution in [2.45, 2.75) is 0 Å². The molecule has 17 heavy (non-hydrogen) atoms. The molecule has 84 valence electrons. The Balaban J connectivity index is 2.09. The molecular weight excluding hydrogens is 300 g/mol. The van der Waals surface area contributed by atoms with Crippen LogP contribution in [0.1, 0.15) is 16.1 Å². The maximum Gasteiger partial charge on any atom is 0.229 e. The molecule has 0 saturated carbocycles. The van der Waals surface area contributed by atoms with Gasteiger partial charge in [-0.25, -0.2) is 0 Å². The van der Waals surface area contributed by atoms with E-state index in [4.69, 9.17) is 4.42 Å². The second-order valence-electron chi connectivity index (χ2n) is 3.63. The summed E-state index contributed by atoms with van der Waals surface area (Å²) in [4.78, 5) is 12.1. The van der Waals surface area contributed by atoms with Crippen LogP contribution in [0.5, 0.6) is 0 Å². The molecule has 3 aromatic rings. The van der Waals surface area contributed by atoms with Crippen molar-refractivity contribution < 1.29 is 9.21 Å². The van der Waals surface area contributed by atoms with Gasteiger partial charge in [0.25, 0.3) is 0 Å². The highest BCUT2D eigenvalue weighted by atomic mass is 79.9. The lowest BCUT2D eigenvalue weighted by atomic mass is 10.1. The van der Waals surface area contributed by atoms with Crippen molar-refractivity contribution in [3.8, 4) is 0 Å². The van der Waals surface area contributed by atoms with Crippen LogP contribution in [-0.4, -0.2) is 5.78 Å². The maximum absolute atomic E-state index is 12.1. The fourth-order valence-corrected chi connectivity index (χ4v) is 2.68. The van der Waals surface area contributed by atoms with Crippen LogP contribution in [0, 0.1) is 0 Å². The van der Waals surface area contributed by atoms with E-state index in [1.165, 1.54) is 11.3 Å². The van der Waals surface area contributed by atoms with Crippen LogP contribution in [0.2, 0.25) is 0 Å². The summed E-state index contributed by atoms with van der Waals surface area (Å²) in [7, 11) is 0. The normalized spacial score (nSPS) is 10.9. The molecule has 4 heteroatoms. The van der Waals surface area contributed by atoms with Crippen molar-refractivity contribution in [3.05, 3.63) is 56.9 Å². The number of hydrogen-bond acceptors (Lipinski definition) is 3. The molecule has 0 saturated heterocycles. The molecule has 0 unspecified atom stereocenters. The van der Waals surface area contributed by atoms with Crippen LogP contribution in [0.3, 0.4) is 0 Å². The molecule has 2 nitrogen and oxygen atoms in total. The third-order valence-electron chi connectivity index (χ3n) is 2.49. The molecule has 3 rings (SSSR count). The van der Waals surface area contributed by atoms with Gasteiger partial charge in [0.05, 0.1) is 0 Å². The molecule has 0 fully saturated rings. The minimum Gasteiger partial charge on any atom is -0.453 e. The molecule has 0 amide bonds. The zero-order chi connectivity index (χ0) is 11.8. The first-order valence-electron chi connectivity index (χ1n) is 5.00. The van der Waals surface area contributed by atoms with Gasteiger partial charge < -0.3 is 4.42 Å². The number of carbonyl (C=O) groups is 1. The number of thiophene rings is 1. The molecule has 0 bridgehead atoms. The quantitative estimate of drug-likeness (QED) is 0.653. The van der Waals surface area contributed by atoms with E-state index in [0.29, 0.717) is 11.3 Å². The second kappa shape index (κ2) is 4.13. The number of fused-ring (bicyclic) bond motifs is 1. The second-order valence-corrected chi connectivity index (χ2v) is 5.33. The average Bonchev–Trinajstić information content (AvgIpc) is 2.96. The first kappa shape index (κ1) is 10.7. The fraction of sp³-hybridized carbons (Fsp3) is 0. The van der Waals surface area contributed by atoms with E-state index in [2.05, 4.69) is 15.9 Å². The summed E-state index contributed by atoms with van der Waals surface area (Å²) in [5, 5.41) is 4.63.